The molecule has 3 aromatic rings. The molecule has 0 saturated carbocycles. The van der Waals surface area contributed by atoms with E-state index in [1.54, 1.807) is 14.2 Å². The molecular weight excluding hydrogens is 380 g/mol. The largest absolute Gasteiger partial charge is 0.493 e. The molecule has 0 aliphatic carbocycles. The molecule has 0 fully saturated rings. The predicted octanol–water partition coefficient (Wildman–Crippen LogP) is 3.84. The highest BCUT2D eigenvalue weighted by Gasteiger charge is 2.21. The van der Waals surface area contributed by atoms with E-state index in [4.69, 9.17) is 14.2 Å². The van der Waals surface area contributed by atoms with E-state index in [1.807, 2.05) is 19.1 Å². The normalized spacial score (nSPS) is 12.0. The molecule has 2 N–H and O–H groups in total. The monoisotopic (exact) mass is 410 g/mol. The summed E-state index contributed by atoms with van der Waals surface area (Å²) in [7, 11) is 3.37. The highest BCUT2D eigenvalue weighted by atomic mass is 16.5. The Bertz CT molecular complexity index is 967. The number of H-pyrrole nitrogens is 1. The SMILES string of the molecule is CCOc1cc(C(COC)Cc2c[nH]c3ccccc23)c(CCNC=O)cc1OC. The Labute approximate surface area is 177 Å². The lowest BCUT2D eigenvalue weighted by Gasteiger charge is -2.22. The van der Waals surface area contributed by atoms with Crippen LogP contribution in [-0.2, 0) is 22.4 Å². The second kappa shape index (κ2) is 10.7. The summed E-state index contributed by atoms with van der Waals surface area (Å²) in [4.78, 5) is 14.1. The molecule has 6 heteroatoms. The molecule has 1 atom stereocenters. The third-order valence-corrected chi connectivity index (χ3v) is 5.30. The first-order valence-corrected chi connectivity index (χ1v) is 10.3. The number of aromatic nitrogens is 1. The first-order valence-electron chi connectivity index (χ1n) is 10.3. The van der Waals surface area contributed by atoms with Gasteiger partial charge in [0.15, 0.2) is 11.5 Å². The number of aromatic amines is 1. The number of carbonyl (C=O) groups excluding carboxylic acids is 1. The summed E-state index contributed by atoms with van der Waals surface area (Å²) in [5.74, 6) is 1.55. The molecule has 30 heavy (non-hydrogen) atoms. The standard InChI is InChI=1S/C24H30N2O4/c1-4-30-24-13-21(17(9-10-25-16-27)12-23(24)29-3)19(15-28-2)11-18-14-26-22-8-6-5-7-20(18)22/h5-8,12-14,16,19,26H,4,9-11,15H2,1-3H3,(H,25,27). The van der Waals surface area contributed by atoms with Gasteiger partial charge in [0.25, 0.3) is 0 Å². The summed E-state index contributed by atoms with van der Waals surface area (Å²) < 4.78 is 17.0. The molecule has 0 radical (unpaired) electrons. The fourth-order valence-corrected chi connectivity index (χ4v) is 3.93. The first kappa shape index (κ1) is 21.7. The van der Waals surface area contributed by atoms with E-state index in [-0.39, 0.29) is 5.92 Å². The van der Waals surface area contributed by atoms with E-state index in [0.717, 1.165) is 35.2 Å². The molecule has 160 valence electrons. The highest BCUT2D eigenvalue weighted by Crippen LogP contribution is 2.36. The van der Waals surface area contributed by atoms with Gasteiger partial charge in [0.1, 0.15) is 0 Å². The maximum Gasteiger partial charge on any atom is 0.207 e. The van der Waals surface area contributed by atoms with Crippen molar-refractivity contribution in [3.63, 3.8) is 0 Å². The van der Waals surface area contributed by atoms with Gasteiger partial charge in [-0.25, -0.2) is 0 Å². The smallest absolute Gasteiger partial charge is 0.207 e. The zero-order valence-electron chi connectivity index (χ0n) is 17.9. The molecule has 3 rings (SSSR count). The Morgan fingerprint density at radius 1 is 1.13 bits per heavy atom. The minimum atomic E-state index is 0.130. The summed E-state index contributed by atoms with van der Waals surface area (Å²) in [6, 6.07) is 12.4. The zero-order chi connectivity index (χ0) is 21.3. The van der Waals surface area contributed by atoms with Gasteiger partial charge in [-0.15, -0.1) is 0 Å². The number of hydrogen-bond acceptors (Lipinski definition) is 4. The van der Waals surface area contributed by atoms with Gasteiger partial charge in [-0.3, -0.25) is 4.79 Å². The molecular formula is C24H30N2O4. The summed E-state index contributed by atoms with van der Waals surface area (Å²) in [6.45, 7) is 3.64. The van der Waals surface area contributed by atoms with Crippen molar-refractivity contribution in [2.45, 2.75) is 25.7 Å². The van der Waals surface area contributed by atoms with E-state index in [9.17, 15) is 4.79 Å². The predicted molar refractivity (Wildman–Crippen MR) is 119 cm³/mol. The summed E-state index contributed by atoms with van der Waals surface area (Å²) >= 11 is 0. The van der Waals surface area contributed by atoms with Crippen LogP contribution in [-0.4, -0.2) is 45.4 Å². The molecule has 1 heterocycles. The van der Waals surface area contributed by atoms with Gasteiger partial charge in [0.2, 0.25) is 6.41 Å². The number of para-hydroxylation sites is 1. The Hall–Kier alpha value is -2.99. The number of nitrogens with one attached hydrogen (secondary N) is 2. The molecule has 0 bridgehead atoms. The summed E-state index contributed by atoms with van der Waals surface area (Å²) in [5, 5.41) is 3.98. The number of rotatable bonds is 12. The van der Waals surface area contributed by atoms with Gasteiger partial charge in [-0.2, -0.15) is 0 Å². The minimum Gasteiger partial charge on any atom is -0.493 e. The first-order chi connectivity index (χ1) is 14.7. The zero-order valence-corrected chi connectivity index (χ0v) is 17.9. The lowest BCUT2D eigenvalue weighted by atomic mass is 9.87. The van der Waals surface area contributed by atoms with Crippen LogP contribution in [0, 0.1) is 0 Å². The van der Waals surface area contributed by atoms with Crippen molar-refractivity contribution < 1.29 is 19.0 Å². The van der Waals surface area contributed by atoms with Gasteiger partial charge in [0, 0.05) is 36.7 Å². The number of hydrogen-bond donors (Lipinski definition) is 2. The van der Waals surface area contributed by atoms with E-state index in [0.29, 0.717) is 31.9 Å². The molecule has 1 amide bonds. The molecule has 1 unspecified atom stereocenters. The number of carbonyl (C=O) groups is 1. The molecule has 2 aromatic carbocycles. The molecule has 6 nitrogen and oxygen atoms in total. The van der Waals surface area contributed by atoms with E-state index >= 15 is 0 Å². The van der Waals surface area contributed by atoms with E-state index in [1.165, 1.54) is 10.9 Å². The third kappa shape index (κ3) is 4.94. The second-order valence-electron chi connectivity index (χ2n) is 7.17. The average Bonchev–Trinajstić information content (AvgIpc) is 3.17. The summed E-state index contributed by atoms with van der Waals surface area (Å²) in [6.07, 6.45) is 4.33. The number of methoxy groups -OCH3 is 2. The third-order valence-electron chi connectivity index (χ3n) is 5.30. The van der Waals surface area contributed by atoms with Gasteiger partial charge in [0.05, 0.1) is 20.3 Å². The molecule has 0 saturated heterocycles. The van der Waals surface area contributed by atoms with Crippen LogP contribution in [0.1, 0.15) is 29.5 Å². The van der Waals surface area contributed by atoms with Crippen molar-refractivity contribution in [1.82, 2.24) is 10.3 Å². The van der Waals surface area contributed by atoms with Crippen LogP contribution in [0.25, 0.3) is 10.9 Å². The van der Waals surface area contributed by atoms with Crippen molar-refractivity contribution in [3.05, 3.63) is 59.3 Å². The van der Waals surface area contributed by atoms with Crippen LogP contribution < -0.4 is 14.8 Å². The highest BCUT2D eigenvalue weighted by molar-refractivity contribution is 5.83. The topological polar surface area (TPSA) is 72.6 Å². The quantitative estimate of drug-likeness (QED) is 0.352. The fourth-order valence-electron chi connectivity index (χ4n) is 3.93. The van der Waals surface area contributed by atoms with Crippen LogP contribution in [0.5, 0.6) is 11.5 Å². The van der Waals surface area contributed by atoms with Crippen LogP contribution in [0.3, 0.4) is 0 Å². The average molecular weight is 411 g/mol. The van der Waals surface area contributed by atoms with Crippen LogP contribution in [0.2, 0.25) is 0 Å². The van der Waals surface area contributed by atoms with Gasteiger partial charge in [-0.05, 0) is 54.7 Å². The maximum absolute atomic E-state index is 10.7. The molecule has 0 aliphatic heterocycles. The molecule has 1 aromatic heterocycles. The maximum atomic E-state index is 10.7. The Kier molecular flexibility index (Phi) is 7.74. The van der Waals surface area contributed by atoms with Crippen LogP contribution in [0.4, 0.5) is 0 Å². The van der Waals surface area contributed by atoms with Crippen molar-refractivity contribution in [2.75, 3.05) is 34.0 Å². The van der Waals surface area contributed by atoms with Gasteiger partial charge >= 0.3 is 0 Å². The van der Waals surface area contributed by atoms with Crippen molar-refractivity contribution in [2.24, 2.45) is 0 Å². The van der Waals surface area contributed by atoms with E-state index in [2.05, 4.69) is 40.8 Å². The van der Waals surface area contributed by atoms with Gasteiger partial charge < -0.3 is 24.5 Å². The summed E-state index contributed by atoms with van der Waals surface area (Å²) in [5.41, 5.74) is 4.65. The number of amides is 1. The Morgan fingerprint density at radius 3 is 2.70 bits per heavy atom. The molecule has 0 spiro atoms. The van der Waals surface area contributed by atoms with Crippen molar-refractivity contribution in [1.29, 1.82) is 0 Å². The fraction of sp³-hybridized carbons (Fsp3) is 0.375. The number of benzene rings is 2. The van der Waals surface area contributed by atoms with Crippen LogP contribution in [0.15, 0.2) is 42.6 Å². The van der Waals surface area contributed by atoms with E-state index < -0.39 is 0 Å². The minimum absolute atomic E-state index is 0.130. The van der Waals surface area contributed by atoms with Crippen molar-refractivity contribution >= 4 is 17.3 Å². The lowest BCUT2D eigenvalue weighted by Crippen LogP contribution is -2.18. The van der Waals surface area contributed by atoms with Gasteiger partial charge in [-0.1, -0.05) is 18.2 Å². The number of ether oxygens (including phenoxy) is 3. The van der Waals surface area contributed by atoms with Crippen LogP contribution >= 0.6 is 0 Å². The Morgan fingerprint density at radius 2 is 1.97 bits per heavy atom. The number of fused-ring (bicyclic) bond motifs is 1. The van der Waals surface area contributed by atoms with Crippen molar-refractivity contribution in [3.8, 4) is 11.5 Å². The second-order valence-corrected chi connectivity index (χ2v) is 7.17. The Balaban J connectivity index is 2.01. The lowest BCUT2D eigenvalue weighted by molar-refractivity contribution is -0.109. The molecule has 0 aliphatic rings.